The lowest BCUT2D eigenvalue weighted by molar-refractivity contribution is -0.128. The van der Waals surface area contributed by atoms with Gasteiger partial charge in [-0.1, -0.05) is 28.1 Å². The first-order valence-corrected chi connectivity index (χ1v) is 9.40. The van der Waals surface area contributed by atoms with Crippen LogP contribution in [0.5, 0.6) is 0 Å². The molecule has 21 heavy (non-hydrogen) atoms. The molecule has 1 fully saturated rings. The summed E-state index contributed by atoms with van der Waals surface area (Å²) in [6.07, 6.45) is 0.869. The average Bonchev–Trinajstić information content (AvgIpc) is 2.90. The van der Waals surface area contributed by atoms with Gasteiger partial charge >= 0.3 is 0 Å². The van der Waals surface area contributed by atoms with Gasteiger partial charge in [0.2, 0.25) is 5.91 Å². The Morgan fingerprint density at radius 2 is 2.24 bits per heavy atom. The minimum atomic E-state index is -3.46. The Bertz CT molecular complexity index is 612. The minimum Gasteiger partial charge on any atom is -0.341 e. The summed E-state index contributed by atoms with van der Waals surface area (Å²) in [4.78, 5) is 13.7. The summed E-state index contributed by atoms with van der Waals surface area (Å²) in [7, 11) is -1.78. The second kappa shape index (κ2) is 6.89. The van der Waals surface area contributed by atoms with Gasteiger partial charge in [0.05, 0.1) is 5.75 Å². The van der Waals surface area contributed by atoms with Crippen LogP contribution in [0.3, 0.4) is 0 Å². The maximum Gasteiger partial charge on any atom is 0.237 e. The molecular formula is C14H19BrN2O3S. The van der Waals surface area contributed by atoms with Gasteiger partial charge in [-0.25, -0.2) is 8.42 Å². The monoisotopic (exact) mass is 374 g/mol. The number of nitrogens with zero attached hydrogens (tertiary/aromatic N) is 1. The molecule has 0 spiro atoms. The number of hydrogen-bond acceptors (Lipinski definition) is 4. The van der Waals surface area contributed by atoms with E-state index >= 15 is 0 Å². The molecule has 1 aromatic rings. The SMILES string of the molecule is CN(C(=O)CS(=O)(=O)Cc1cccc(Br)c1)C1CCNC1. The molecule has 1 saturated heterocycles. The van der Waals surface area contributed by atoms with Crippen LogP contribution in [-0.4, -0.2) is 51.2 Å². The maximum atomic E-state index is 12.2. The van der Waals surface area contributed by atoms with Crippen LogP contribution in [0.1, 0.15) is 12.0 Å². The van der Waals surface area contributed by atoms with E-state index in [0.29, 0.717) is 5.56 Å². The van der Waals surface area contributed by atoms with E-state index in [2.05, 4.69) is 21.2 Å². The second-order valence-electron chi connectivity index (χ2n) is 5.31. The third-order valence-corrected chi connectivity index (χ3v) is 5.55. The van der Waals surface area contributed by atoms with E-state index in [9.17, 15) is 13.2 Å². The second-order valence-corrected chi connectivity index (χ2v) is 8.29. The Kier molecular flexibility index (Phi) is 5.40. The third kappa shape index (κ3) is 4.79. The summed E-state index contributed by atoms with van der Waals surface area (Å²) < 4.78 is 25.2. The molecule has 1 aromatic carbocycles. The van der Waals surface area contributed by atoms with Gasteiger partial charge in [-0.05, 0) is 30.7 Å². The molecule has 1 amide bonds. The van der Waals surface area contributed by atoms with E-state index in [0.717, 1.165) is 24.0 Å². The van der Waals surface area contributed by atoms with Crippen LogP contribution in [0, 0.1) is 0 Å². The number of carbonyl (C=O) groups is 1. The molecule has 1 unspecified atom stereocenters. The van der Waals surface area contributed by atoms with Gasteiger partial charge in [0.1, 0.15) is 5.75 Å². The van der Waals surface area contributed by atoms with Crippen LogP contribution < -0.4 is 5.32 Å². The molecule has 0 saturated carbocycles. The maximum absolute atomic E-state index is 12.2. The molecule has 116 valence electrons. The summed E-state index contributed by atoms with van der Waals surface area (Å²) in [6, 6.07) is 7.22. The molecule has 0 bridgehead atoms. The normalized spacial score (nSPS) is 18.7. The molecule has 7 heteroatoms. The largest absolute Gasteiger partial charge is 0.341 e. The lowest BCUT2D eigenvalue weighted by Gasteiger charge is -2.23. The third-order valence-electron chi connectivity index (χ3n) is 3.59. The zero-order chi connectivity index (χ0) is 15.5. The number of sulfone groups is 1. The van der Waals surface area contributed by atoms with Crippen molar-refractivity contribution in [2.24, 2.45) is 0 Å². The summed E-state index contributed by atoms with van der Waals surface area (Å²) >= 11 is 3.31. The van der Waals surface area contributed by atoms with Crippen molar-refractivity contribution >= 4 is 31.7 Å². The molecule has 1 aliphatic heterocycles. The van der Waals surface area contributed by atoms with Crippen molar-refractivity contribution in [1.82, 2.24) is 10.2 Å². The van der Waals surface area contributed by atoms with Crippen molar-refractivity contribution in [2.45, 2.75) is 18.2 Å². The summed E-state index contributed by atoms with van der Waals surface area (Å²) in [5, 5.41) is 3.17. The quantitative estimate of drug-likeness (QED) is 0.840. The lowest BCUT2D eigenvalue weighted by atomic mass is 10.2. The zero-order valence-electron chi connectivity index (χ0n) is 11.9. The molecular weight excluding hydrogens is 356 g/mol. The van der Waals surface area contributed by atoms with E-state index < -0.39 is 15.6 Å². The van der Waals surface area contributed by atoms with Gasteiger partial charge < -0.3 is 10.2 Å². The molecule has 0 radical (unpaired) electrons. The van der Waals surface area contributed by atoms with Crippen LogP contribution in [0.2, 0.25) is 0 Å². The number of benzene rings is 1. The number of carbonyl (C=O) groups excluding carboxylic acids is 1. The standard InChI is InChI=1S/C14H19BrN2O3S/c1-17(13-5-6-16-8-13)14(18)10-21(19,20)9-11-3-2-4-12(15)7-11/h2-4,7,13,16H,5-6,8-10H2,1H3. The Hall–Kier alpha value is -0.920. The fourth-order valence-corrected chi connectivity index (χ4v) is 4.21. The highest BCUT2D eigenvalue weighted by molar-refractivity contribution is 9.10. The molecule has 0 aromatic heterocycles. The van der Waals surface area contributed by atoms with E-state index in [4.69, 9.17) is 0 Å². The predicted octanol–water partition coefficient (Wildman–Crippen LogP) is 1.18. The van der Waals surface area contributed by atoms with Crippen molar-refractivity contribution in [3.8, 4) is 0 Å². The molecule has 2 rings (SSSR count). The Morgan fingerprint density at radius 3 is 2.86 bits per heavy atom. The van der Waals surface area contributed by atoms with Gasteiger partial charge in [-0.2, -0.15) is 0 Å². The first-order valence-electron chi connectivity index (χ1n) is 6.78. The topological polar surface area (TPSA) is 66.5 Å². The number of amides is 1. The van der Waals surface area contributed by atoms with Crippen LogP contribution in [-0.2, 0) is 20.4 Å². The van der Waals surface area contributed by atoms with E-state index in [1.807, 2.05) is 6.07 Å². The van der Waals surface area contributed by atoms with Crippen LogP contribution in [0.4, 0.5) is 0 Å². The molecule has 0 aliphatic carbocycles. The molecule has 1 atom stereocenters. The fraction of sp³-hybridized carbons (Fsp3) is 0.500. The average molecular weight is 375 g/mol. The van der Waals surface area contributed by atoms with Crippen LogP contribution >= 0.6 is 15.9 Å². The first-order chi connectivity index (χ1) is 9.87. The van der Waals surface area contributed by atoms with Gasteiger partial charge in [-0.15, -0.1) is 0 Å². The van der Waals surface area contributed by atoms with Gasteiger partial charge in [-0.3, -0.25) is 4.79 Å². The van der Waals surface area contributed by atoms with Crippen LogP contribution in [0.25, 0.3) is 0 Å². The smallest absolute Gasteiger partial charge is 0.237 e. The summed E-state index contributed by atoms with van der Waals surface area (Å²) in [5.41, 5.74) is 0.683. The molecule has 5 nitrogen and oxygen atoms in total. The van der Waals surface area contributed by atoms with Crippen molar-refractivity contribution in [1.29, 1.82) is 0 Å². The Labute approximate surface area is 133 Å². The van der Waals surface area contributed by atoms with Crippen molar-refractivity contribution in [2.75, 3.05) is 25.9 Å². The van der Waals surface area contributed by atoms with Gasteiger partial charge in [0.15, 0.2) is 9.84 Å². The fourth-order valence-electron chi connectivity index (χ4n) is 2.40. The number of rotatable bonds is 5. The Morgan fingerprint density at radius 1 is 1.48 bits per heavy atom. The van der Waals surface area contributed by atoms with Crippen molar-refractivity contribution in [3.63, 3.8) is 0 Å². The first kappa shape index (κ1) is 16.5. The number of hydrogen-bond donors (Lipinski definition) is 1. The van der Waals surface area contributed by atoms with Crippen LogP contribution in [0.15, 0.2) is 28.7 Å². The predicted molar refractivity (Wildman–Crippen MR) is 85.7 cm³/mol. The van der Waals surface area contributed by atoms with E-state index in [1.165, 1.54) is 0 Å². The zero-order valence-corrected chi connectivity index (χ0v) is 14.3. The number of nitrogens with one attached hydrogen (secondary N) is 1. The van der Waals surface area contributed by atoms with Crippen molar-refractivity contribution in [3.05, 3.63) is 34.3 Å². The Balaban J connectivity index is 1.98. The molecule has 1 N–H and O–H groups in total. The lowest BCUT2D eigenvalue weighted by Crippen LogP contribution is -2.41. The number of likely N-dealkylation sites (N-methyl/N-ethyl adjacent to an activating group) is 1. The highest BCUT2D eigenvalue weighted by Gasteiger charge is 2.26. The highest BCUT2D eigenvalue weighted by Crippen LogP contribution is 2.15. The van der Waals surface area contributed by atoms with Crippen molar-refractivity contribution < 1.29 is 13.2 Å². The van der Waals surface area contributed by atoms with Gasteiger partial charge in [0, 0.05) is 24.1 Å². The van der Waals surface area contributed by atoms with E-state index in [1.54, 1.807) is 30.1 Å². The summed E-state index contributed by atoms with van der Waals surface area (Å²) in [5.74, 6) is -0.889. The van der Waals surface area contributed by atoms with Gasteiger partial charge in [0.25, 0.3) is 0 Å². The number of halogens is 1. The minimum absolute atomic E-state index is 0.0959. The molecule has 1 aliphatic rings. The molecule has 1 heterocycles. The van der Waals surface area contributed by atoms with E-state index in [-0.39, 0.29) is 17.7 Å². The summed E-state index contributed by atoms with van der Waals surface area (Å²) in [6.45, 7) is 1.60. The highest BCUT2D eigenvalue weighted by atomic mass is 79.9.